The van der Waals surface area contributed by atoms with Crippen LogP contribution in [0.2, 0.25) is 0 Å². The van der Waals surface area contributed by atoms with Crippen molar-refractivity contribution in [3.8, 4) is 0 Å². The highest BCUT2D eigenvalue weighted by molar-refractivity contribution is 7.10. The molecule has 0 spiro atoms. The molecule has 0 atom stereocenters. The minimum absolute atomic E-state index is 0.166. The maximum atomic E-state index is 12.0. The Morgan fingerprint density at radius 2 is 2.12 bits per heavy atom. The van der Waals surface area contributed by atoms with Crippen LogP contribution in [0.1, 0.15) is 23.5 Å². The summed E-state index contributed by atoms with van der Waals surface area (Å²) >= 11 is 1.59. The number of hydrogen-bond acceptors (Lipinski definition) is 6. The first-order chi connectivity index (χ1) is 12.3. The first-order valence-corrected chi connectivity index (χ1v) is 9.13. The topological polar surface area (TPSA) is 75.4 Å². The molecule has 1 amide bonds. The fourth-order valence-electron chi connectivity index (χ4n) is 2.82. The third kappa shape index (κ3) is 3.53. The number of aromatic nitrogens is 4. The number of rotatable bonds is 5. The molecule has 128 valence electrons. The van der Waals surface area contributed by atoms with Gasteiger partial charge < -0.3 is 10.2 Å². The number of nitrogens with zero attached hydrogens (tertiary/aromatic N) is 5. The Labute approximate surface area is 149 Å². The lowest BCUT2D eigenvalue weighted by Gasteiger charge is -2.15. The number of nitrogens with one attached hydrogen (secondary N) is 1. The molecule has 0 aromatic carbocycles. The quantitative estimate of drug-likeness (QED) is 0.710. The van der Waals surface area contributed by atoms with Crippen LogP contribution in [-0.4, -0.2) is 38.8 Å². The number of anilines is 1. The van der Waals surface area contributed by atoms with Crippen LogP contribution in [0.15, 0.2) is 35.7 Å². The van der Waals surface area contributed by atoms with Gasteiger partial charge in [-0.05, 0) is 42.5 Å². The van der Waals surface area contributed by atoms with Crippen LogP contribution >= 0.6 is 11.3 Å². The standard InChI is InChI=1S/C17H18N6OS/c24-17(8-5-13-4-3-11-25-13)18-12-16-20-19-14-6-7-15(21-23(14)16)22-9-1-2-10-22/h3-8,11H,1-2,9-10,12H2,(H,18,24)/b8-5+. The monoisotopic (exact) mass is 354 g/mol. The normalized spacial score (nSPS) is 14.6. The van der Waals surface area contributed by atoms with Crippen molar-refractivity contribution in [3.63, 3.8) is 0 Å². The first-order valence-electron chi connectivity index (χ1n) is 8.25. The summed E-state index contributed by atoms with van der Waals surface area (Å²) in [5, 5.41) is 17.7. The molecule has 0 aliphatic carbocycles. The lowest BCUT2D eigenvalue weighted by molar-refractivity contribution is -0.116. The van der Waals surface area contributed by atoms with E-state index in [1.54, 1.807) is 21.9 Å². The van der Waals surface area contributed by atoms with Crippen molar-refractivity contribution in [2.24, 2.45) is 0 Å². The van der Waals surface area contributed by atoms with E-state index >= 15 is 0 Å². The summed E-state index contributed by atoms with van der Waals surface area (Å²) in [7, 11) is 0. The molecule has 3 aromatic rings. The summed E-state index contributed by atoms with van der Waals surface area (Å²) in [4.78, 5) is 15.3. The van der Waals surface area contributed by atoms with E-state index in [2.05, 4.69) is 25.5 Å². The Kier molecular flexibility index (Phi) is 4.43. The average molecular weight is 354 g/mol. The van der Waals surface area contributed by atoms with E-state index in [0.717, 1.165) is 23.8 Å². The Hall–Kier alpha value is -2.74. The van der Waals surface area contributed by atoms with Crippen LogP contribution in [0.3, 0.4) is 0 Å². The summed E-state index contributed by atoms with van der Waals surface area (Å²) in [6, 6.07) is 7.80. The third-order valence-electron chi connectivity index (χ3n) is 4.11. The second-order valence-corrected chi connectivity index (χ2v) is 6.82. The summed E-state index contributed by atoms with van der Waals surface area (Å²) in [5.41, 5.74) is 0.682. The Morgan fingerprint density at radius 3 is 2.92 bits per heavy atom. The minimum Gasteiger partial charge on any atom is -0.355 e. The number of hydrogen-bond donors (Lipinski definition) is 1. The molecule has 1 saturated heterocycles. The molecular formula is C17H18N6OS. The highest BCUT2D eigenvalue weighted by Crippen LogP contribution is 2.18. The van der Waals surface area contributed by atoms with Crippen LogP contribution in [0.5, 0.6) is 0 Å². The van der Waals surface area contributed by atoms with Crippen molar-refractivity contribution in [2.45, 2.75) is 19.4 Å². The van der Waals surface area contributed by atoms with E-state index in [0.29, 0.717) is 11.5 Å². The zero-order valence-corrected chi connectivity index (χ0v) is 14.4. The molecule has 3 aromatic heterocycles. The molecule has 1 aliphatic heterocycles. The molecule has 0 radical (unpaired) electrons. The highest BCUT2D eigenvalue weighted by atomic mass is 32.1. The van der Waals surface area contributed by atoms with Crippen LogP contribution in [0, 0.1) is 0 Å². The van der Waals surface area contributed by atoms with Gasteiger partial charge in [-0.1, -0.05) is 6.07 Å². The van der Waals surface area contributed by atoms with Gasteiger partial charge in [-0.25, -0.2) is 0 Å². The molecule has 1 fully saturated rings. The molecule has 25 heavy (non-hydrogen) atoms. The first kappa shape index (κ1) is 15.8. The van der Waals surface area contributed by atoms with Gasteiger partial charge in [0.2, 0.25) is 5.91 Å². The van der Waals surface area contributed by atoms with Gasteiger partial charge in [0, 0.05) is 24.0 Å². The number of amides is 1. The predicted molar refractivity (Wildman–Crippen MR) is 97.4 cm³/mol. The zero-order valence-electron chi connectivity index (χ0n) is 13.6. The SMILES string of the molecule is O=C(/C=C/c1cccs1)NCc1nnc2ccc(N3CCCC3)nn12. The summed E-state index contributed by atoms with van der Waals surface area (Å²) in [6.07, 6.45) is 5.71. The molecule has 0 unspecified atom stereocenters. The van der Waals surface area contributed by atoms with E-state index in [-0.39, 0.29) is 12.5 Å². The Balaban J connectivity index is 1.45. The van der Waals surface area contributed by atoms with Crippen molar-refractivity contribution in [3.05, 3.63) is 46.4 Å². The van der Waals surface area contributed by atoms with E-state index in [4.69, 9.17) is 0 Å². The van der Waals surface area contributed by atoms with Gasteiger partial charge in [0.1, 0.15) is 5.82 Å². The van der Waals surface area contributed by atoms with E-state index in [1.807, 2.05) is 29.6 Å². The Bertz CT molecular complexity index is 895. The largest absolute Gasteiger partial charge is 0.355 e. The molecule has 8 heteroatoms. The van der Waals surface area contributed by atoms with Crippen molar-refractivity contribution < 1.29 is 4.79 Å². The fourth-order valence-corrected chi connectivity index (χ4v) is 3.44. The van der Waals surface area contributed by atoms with Crippen molar-refractivity contribution in [2.75, 3.05) is 18.0 Å². The Morgan fingerprint density at radius 1 is 1.24 bits per heavy atom. The van der Waals surface area contributed by atoms with E-state index in [1.165, 1.54) is 18.9 Å². The van der Waals surface area contributed by atoms with Crippen LogP contribution in [0.4, 0.5) is 5.82 Å². The number of fused-ring (bicyclic) bond motifs is 1. The van der Waals surface area contributed by atoms with E-state index < -0.39 is 0 Å². The summed E-state index contributed by atoms with van der Waals surface area (Å²) < 4.78 is 1.71. The van der Waals surface area contributed by atoms with Gasteiger partial charge in [-0.15, -0.1) is 26.6 Å². The lowest BCUT2D eigenvalue weighted by Crippen LogP contribution is -2.23. The number of thiophene rings is 1. The second kappa shape index (κ2) is 7.02. The number of carbonyl (C=O) groups excluding carboxylic acids is 1. The predicted octanol–water partition coefficient (Wildman–Crippen LogP) is 2.12. The molecule has 0 saturated carbocycles. The maximum absolute atomic E-state index is 12.0. The molecule has 1 aliphatic rings. The molecule has 7 nitrogen and oxygen atoms in total. The molecule has 4 rings (SSSR count). The van der Waals surface area contributed by atoms with Gasteiger partial charge >= 0.3 is 0 Å². The molecule has 4 heterocycles. The van der Waals surface area contributed by atoms with Crippen LogP contribution < -0.4 is 10.2 Å². The van der Waals surface area contributed by atoms with Crippen LogP contribution in [-0.2, 0) is 11.3 Å². The van der Waals surface area contributed by atoms with Crippen LogP contribution in [0.25, 0.3) is 11.7 Å². The van der Waals surface area contributed by atoms with Crippen molar-refractivity contribution in [1.82, 2.24) is 25.1 Å². The summed E-state index contributed by atoms with van der Waals surface area (Å²) in [6.45, 7) is 2.34. The third-order valence-corrected chi connectivity index (χ3v) is 4.94. The van der Waals surface area contributed by atoms with Gasteiger partial charge in [-0.2, -0.15) is 4.52 Å². The second-order valence-electron chi connectivity index (χ2n) is 5.84. The van der Waals surface area contributed by atoms with Crippen molar-refractivity contribution in [1.29, 1.82) is 0 Å². The maximum Gasteiger partial charge on any atom is 0.244 e. The molecule has 1 N–H and O–H groups in total. The van der Waals surface area contributed by atoms with Gasteiger partial charge in [0.25, 0.3) is 0 Å². The minimum atomic E-state index is -0.166. The lowest BCUT2D eigenvalue weighted by atomic mass is 10.4. The molecule has 0 bridgehead atoms. The average Bonchev–Trinajstić information content (AvgIpc) is 3.39. The van der Waals surface area contributed by atoms with Gasteiger partial charge in [0.05, 0.1) is 6.54 Å². The smallest absolute Gasteiger partial charge is 0.244 e. The number of carbonyl (C=O) groups is 1. The van der Waals surface area contributed by atoms with E-state index in [9.17, 15) is 4.79 Å². The highest BCUT2D eigenvalue weighted by Gasteiger charge is 2.15. The van der Waals surface area contributed by atoms with Gasteiger partial charge in [-0.3, -0.25) is 4.79 Å². The zero-order chi connectivity index (χ0) is 17.1. The summed E-state index contributed by atoms with van der Waals surface area (Å²) in [5.74, 6) is 1.38. The van der Waals surface area contributed by atoms with Gasteiger partial charge in [0.15, 0.2) is 11.5 Å². The molecular weight excluding hydrogens is 336 g/mol. The fraction of sp³-hybridized carbons (Fsp3) is 0.294. The van der Waals surface area contributed by atoms with Crippen molar-refractivity contribution >= 4 is 34.8 Å².